The molecular weight excluding hydrogens is 242 g/mol. The molecule has 0 aliphatic rings. The molecule has 1 nitrogen and oxygen atoms in total. The smallest absolute Gasteiger partial charge is 0.0531 e. The van der Waals surface area contributed by atoms with E-state index in [0.717, 1.165) is 6.42 Å². The summed E-state index contributed by atoms with van der Waals surface area (Å²) in [6.07, 6.45) is 1.04. The fourth-order valence-electron chi connectivity index (χ4n) is 2.72. The molecule has 0 fully saturated rings. The van der Waals surface area contributed by atoms with Gasteiger partial charge in [-0.25, -0.2) is 0 Å². The Hall–Kier alpha value is -2.28. The predicted molar refractivity (Wildman–Crippen MR) is 85.3 cm³/mol. The summed E-state index contributed by atoms with van der Waals surface area (Å²) in [7, 11) is 0. The first-order chi connectivity index (χ1) is 9.81. The second-order valence-corrected chi connectivity index (χ2v) is 5.04. The van der Waals surface area contributed by atoms with Crippen LogP contribution in [0.1, 0.15) is 18.2 Å². The van der Waals surface area contributed by atoms with Crippen molar-refractivity contribution in [3.63, 3.8) is 0 Å². The van der Waals surface area contributed by atoms with Gasteiger partial charge in [-0.1, -0.05) is 55.5 Å². The maximum atomic E-state index is 2.36. The molecule has 1 aromatic heterocycles. The van der Waals surface area contributed by atoms with Crippen LogP contribution in [0.5, 0.6) is 0 Å². The van der Waals surface area contributed by atoms with E-state index in [4.69, 9.17) is 0 Å². The lowest BCUT2D eigenvalue weighted by molar-refractivity contribution is 0.982. The highest BCUT2D eigenvalue weighted by atomic mass is 15.0. The quantitative estimate of drug-likeness (QED) is 0.624. The van der Waals surface area contributed by atoms with Gasteiger partial charge in [0.05, 0.1) is 5.69 Å². The molecule has 3 rings (SSSR count). The number of hydrogen-bond acceptors (Lipinski definition) is 0. The van der Waals surface area contributed by atoms with Crippen LogP contribution in [0, 0.1) is 6.92 Å². The fourth-order valence-corrected chi connectivity index (χ4v) is 2.72. The second-order valence-electron chi connectivity index (χ2n) is 5.04. The van der Waals surface area contributed by atoms with Crippen molar-refractivity contribution in [2.75, 3.05) is 0 Å². The van der Waals surface area contributed by atoms with Crippen LogP contribution in [-0.4, -0.2) is 4.57 Å². The number of aryl methyl sites for hydroxylation is 2. The molecule has 3 aromatic rings. The van der Waals surface area contributed by atoms with Gasteiger partial charge < -0.3 is 4.57 Å². The highest BCUT2D eigenvalue weighted by molar-refractivity contribution is 5.65. The first-order valence-corrected chi connectivity index (χ1v) is 7.13. The summed E-state index contributed by atoms with van der Waals surface area (Å²) in [6.45, 7) is 4.37. The molecule has 0 bridgehead atoms. The number of aromatic nitrogens is 1. The molecule has 0 aliphatic carbocycles. The van der Waals surface area contributed by atoms with Gasteiger partial charge in [0.15, 0.2) is 0 Å². The maximum absolute atomic E-state index is 2.36. The van der Waals surface area contributed by atoms with Crippen molar-refractivity contribution in [3.05, 3.63) is 78.0 Å². The van der Waals surface area contributed by atoms with Crippen LogP contribution >= 0.6 is 0 Å². The molecule has 0 saturated heterocycles. The fraction of sp³-hybridized carbons (Fsp3) is 0.158. The molecule has 2 aromatic carbocycles. The minimum Gasteiger partial charge on any atom is -0.314 e. The van der Waals surface area contributed by atoms with Crippen molar-refractivity contribution in [1.82, 2.24) is 4.57 Å². The summed E-state index contributed by atoms with van der Waals surface area (Å²) in [5.74, 6) is 0. The molecule has 1 heterocycles. The Morgan fingerprint density at radius 1 is 0.800 bits per heavy atom. The van der Waals surface area contributed by atoms with E-state index in [9.17, 15) is 0 Å². The third-order valence-electron chi connectivity index (χ3n) is 3.76. The van der Waals surface area contributed by atoms with Crippen LogP contribution in [-0.2, 0) is 6.42 Å². The molecule has 0 unspecified atom stereocenters. The van der Waals surface area contributed by atoms with Gasteiger partial charge in [0.25, 0.3) is 0 Å². The van der Waals surface area contributed by atoms with Crippen LogP contribution < -0.4 is 0 Å². The van der Waals surface area contributed by atoms with Crippen LogP contribution in [0.2, 0.25) is 0 Å². The van der Waals surface area contributed by atoms with E-state index >= 15 is 0 Å². The molecule has 0 N–H and O–H groups in total. The number of benzene rings is 2. The van der Waals surface area contributed by atoms with Crippen molar-refractivity contribution in [2.24, 2.45) is 0 Å². The Balaban J connectivity index is 2.22. The lowest BCUT2D eigenvalue weighted by Gasteiger charge is -2.15. The normalized spacial score (nSPS) is 10.7. The molecule has 1 heteroatoms. The average molecular weight is 261 g/mol. The monoisotopic (exact) mass is 261 g/mol. The molecule has 20 heavy (non-hydrogen) atoms. The summed E-state index contributed by atoms with van der Waals surface area (Å²) < 4.78 is 2.36. The van der Waals surface area contributed by atoms with Gasteiger partial charge in [0.2, 0.25) is 0 Å². The van der Waals surface area contributed by atoms with Crippen molar-refractivity contribution < 1.29 is 0 Å². The van der Waals surface area contributed by atoms with E-state index in [1.807, 2.05) is 0 Å². The Kier molecular flexibility index (Phi) is 3.42. The molecule has 0 amide bonds. The number of rotatable bonds is 3. The molecule has 0 aliphatic heterocycles. The summed E-state index contributed by atoms with van der Waals surface area (Å²) in [4.78, 5) is 0. The summed E-state index contributed by atoms with van der Waals surface area (Å²) in [5, 5.41) is 0. The summed E-state index contributed by atoms with van der Waals surface area (Å²) >= 11 is 0. The number of para-hydroxylation sites is 1. The Labute approximate surface area is 120 Å². The second kappa shape index (κ2) is 5.38. The minimum atomic E-state index is 1.04. The van der Waals surface area contributed by atoms with Crippen molar-refractivity contribution in [3.8, 4) is 16.9 Å². The lowest BCUT2D eigenvalue weighted by Crippen LogP contribution is -2.02. The predicted octanol–water partition coefficient (Wildman–Crippen LogP) is 5.02. The van der Waals surface area contributed by atoms with Crippen molar-refractivity contribution >= 4 is 0 Å². The molecule has 100 valence electrons. The molecule has 0 saturated carbocycles. The van der Waals surface area contributed by atoms with Crippen LogP contribution in [0.25, 0.3) is 16.9 Å². The first kappa shape index (κ1) is 12.7. The topological polar surface area (TPSA) is 4.93 Å². The van der Waals surface area contributed by atoms with E-state index in [0.29, 0.717) is 0 Å². The Morgan fingerprint density at radius 2 is 1.50 bits per heavy atom. The highest BCUT2D eigenvalue weighted by Gasteiger charge is 2.11. The van der Waals surface area contributed by atoms with Gasteiger partial charge in [0.1, 0.15) is 0 Å². The average Bonchev–Trinajstić information content (AvgIpc) is 2.89. The van der Waals surface area contributed by atoms with Gasteiger partial charge in [-0.05, 0) is 42.7 Å². The highest BCUT2D eigenvalue weighted by Crippen LogP contribution is 2.28. The molecule has 0 spiro atoms. The van der Waals surface area contributed by atoms with Gasteiger partial charge in [-0.2, -0.15) is 0 Å². The third-order valence-corrected chi connectivity index (χ3v) is 3.76. The molecule has 0 atom stereocenters. The maximum Gasteiger partial charge on any atom is 0.0531 e. The zero-order valence-corrected chi connectivity index (χ0v) is 12.0. The standard InChI is InChI=1S/C19H19N/c1-3-16-9-7-8-12-18(16)20-15(2)13-14-19(20)17-10-5-4-6-11-17/h4-14H,3H2,1-2H3. The summed E-state index contributed by atoms with van der Waals surface area (Å²) in [5.41, 5.74) is 6.44. The first-order valence-electron chi connectivity index (χ1n) is 7.13. The minimum absolute atomic E-state index is 1.04. The van der Waals surface area contributed by atoms with Crippen LogP contribution in [0.15, 0.2) is 66.7 Å². The zero-order valence-electron chi connectivity index (χ0n) is 12.0. The van der Waals surface area contributed by atoms with Crippen molar-refractivity contribution in [2.45, 2.75) is 20.3 Å². The third kappa shape index (κ3) is 2.16. The largest absolute Gasteiger partial charge is 0.314 e. The number of nitrogens with zero attached hydrogens (tertiary/aromatic N) is 1. The van der Waals surface area contributed by atoms with Gasteiger partial charge >= 0.3 is 0 Å². The lowest BCUT2D eigenvalue weighted by atomic mass is 10.1. The molecule has 0 radical (unpaired) electrons. The Bertz CT molecular complexity index is 708. The Morgan fingerprint density at radius 3 is 2.25 bits per heavy atom. The summed E-state index contributed by atoms with van der Waals surface area (Å²) in [6, 6.07) is 23.6. The van der Waals surface area contributed by atoms with E-state index in [1.54, 1.807) is 0 Å². The van der Waals surface area contributed by atoms with Crippen LogP contribution in [0.4, 0.5) is 0 Å². The van der Waals surface area contributed by atoms with E-state index in [1.165, 1.54) is 28.2 Å². The van der Waals surface area contributed by atoms with Gasteiger partial charge in [-0.3, -0.25) is 0 Å². The van der Waals surface area contributed by atoms with E-state index in [-0.39, 0.29) is 0 Å². The SMILES string of the molecule is CCc1ccccc1-n1c(C)ccc1-c1ccccc1. The van der Waals surface area contributed by atoms with E-state index in [2.05, 4.69) is 85.1 Å². The zero-order chi connectivity index (χ0) is 13.9. The van der Waals surface area contributed by atoms with Gasteiger partial charge in [0, 0.05) is 11.4 Å². The molecular formula is C19H19N. The van der Waals surface area contributed by atoms with E-state index < -0.39 is 0 Å². The van der Waals surface area contributed by atoms with Gasteiger partial charge in [-0.15, -0.1) is 0 Å². The number of hydrogen-bond donors (Lipinski definition) is 0. The van der Waals surface area contributed by atoms with Crippen LogP contribution in [0.3, 0.4) is 0 Å². The van der Waals surface area contributed by atoms with Crippen molar-refractivity contribution in [1.29, 1.82) is 0 Å².